The van der Waals surface area contributed by atoms with E-state index in [9.17, 15) is 14.4 Å². The summed E-state index contributed by atoms with van der Waals surface area (Å²) < 4.78 is 10.2. The van der Waals surface area contributed by atoms with Crippen molar-refractivity contribution in [2.24, 2.45) is 0 Å². The average molecular weight is 342 g/mol. The first-order valence-corrected chi connectivity index (χ1v) is 7.52. The van der Waals surface area contributed by atoms with Gasteiger partial charge < -0.3 is 9.47 Å². The Labute approximate surface area is 144 Å². The quantitative estimate of drug-likeness (QED) is 0.637. The highest BCUT2D eigenvalue weighted by molar-refractivity contribution is 5.97. The molecular formula is C18H18N2O5. The van der Waals surface area contributed by atoms with E-state index in [-0.39, 0.29) is 5.56 Å². The number of nitrogens with one attached hydrogen (secondary N) is 2. The second-order valence-corrected chi connectivity index (χ2v) is 5.06. The van der Waals surface area contributed by atoms with Gasteiger partial charge in [0.15, 0.2) is 6.10 Å². The van der Waals surface area contributed by atoms with E-state index in [1.165, 1.54) is 20.1 Å². The van der Waals surface area contributed by atoms with Gasteiger partial charge in [0.25, 0.3) is 11.8 Å². The number of rotatable bonds is 5. The zero-order chi connectivity index (χ0) is 18.2. The molecular weight excluding hydrogens is 324 g/mol. The third kappa shape index (κ3) is 4.81. The predicted molar refractivity (Wildman–Crippen MR) is 89.9 cm³/mol. The number of carbonyl (C=O) groups excluding carboxylic acids is 3. The highest BCUT2D eigenvalue weighted by Gasteiger charge is 2.21. The summed E-state index contributed by atoms with van der Waals surface area (Å²) in [6.07, 6.45) is -1.10. The molecule has 2 amide bonds. The zero-order valence-electron chi connectivity index (χ0n) is 13.8. The second kappa shape index (κ2) is 8.49. The van der Waals surface area contributed by atoms with E-state index in [2.05, 4.69) is 10.9 Å². The lowest BCUT2D eigenvalue weighted by atomic mass is 10.2. The fraction of sp³-hybridized carbons (Fsp3) is 0.167. The first-order chi connectivity index (χ1) is 12.0. The number of hydrogen-bond acceptors (Lipinski definition) is 5. The van der Waals surface area contributed by atoms with Crippen LogP contribution in [0.1, 0.15) is 27.6 Å². The van der Waals surface area contributed by atoms with E-state index in [0.717, 1.165) is 0 Å². The summed E-state index contributed by atoms with van der Waals surface area (Å²) in [7, 11) is 1.43. The molecule has 0 aliphatic carbocycles. The lowest BCUT2D eigenvalue weighted by Crippen LogP contribution is -2.46. The molecule has 0 aliphatic rings. The number of esters is 1. The molecule has 2 N–H and O–H groups in total. The van der Waals surface area contributed by atoms with Crippen LogP contribution in [0.5, 0.6) is 5.75 Å². The van der Waals surface area contributed by atoms with Crippen LogP contribution in [0.3, 0.4) is 0 Å². The van der Waals surface area contributed by atoms with Crippen LogP contribution in [0.25, 0.3) is 0 Å². The number of methoxy groups -OCH3 is 1. The van der Waals surface area contributed by atoms with Gasteiger partial charge in [0.05, 0.1) is 7.11 Å². The van der Waals surface area contributed by atoms with E-state index in [0.29, 0.717) is 11.3 Å². The van der Waals surface area contributed by atoms with E-state index in [1.54, 1.807) is 48.5 Å². The molecule has 0 fully saturated rings. The van der Waals surface area contributed by atoms with Gasteiger partial charge in [-0.15, -0.1) is 0 Å². The standard InChI is InChI=1S/C18H18N2O5/c1-12(25-18(23)14-10-6-7-11-15(14)24-2)16(21)19-20-17(22)13-8-4-3-5-9-13/h3-12H,1-2H3,(H,19,21)(H,20,22)/t12-/m1/s1. The number of para-hydroxylation sites is 1. The van der Waals surface area contributed by atoms with E-state index in [1.807, 2.05) is 0 Å². The maximum atomic E-state index is 12.1. The number of hydrogen-bond donors (Lipinski definition) is 2. The van der Waals surface area contributed by atoms with Gasteiger partial charge in [-0.1, -0.05) is 30.3 Å². The van der Waals surface area contributed by atoms with Gasteiger partial charge in [-0.25, -0.2) is 4.79 Å². The molecule has 0 spiro atoms. The summed E-state index contributed by atoms with van der Waals surface area (Å²) in [6.45, 7) is 1.40. The van der Waals surface area contributed by atoms with Gasteiger partial charge in [0, 0.05) is 5.56 Å². The molecule has 0 unspecified atom stereocenters. The van der Waals surface area contributed by atoms with E-state index in [4.69, 9.17) is 9.47 Å². The van der Waals surface area contributed by atoms with Crippen LogP contribution in [-0.2, 0) is 9.53 Å². The molecule has 0 radical (unpaired) electrons. The summed E-state index contributed by atoms with van der Waals surface area (Å²) >= 11 is 0. The SMILES string of the molecule is COc1ccccc1C(=O)O[C@H](C)C(=O)NNC(=O)c1ccccc1. The molecule has 0 bridgehead atoms. The van der Waals surface area contributed by atoms with Gasteiger partial charge in [-0.2, -0.15) is 0 Å². The minimum absolute atomic E-state index is 0.206. The van der Waals surface area contributed by atoms with E-state index < -0.39 is 23.9 Å². The van der Waals surface area contributed by atoms with Crippen molar-refractivity contribution in [3.8, 4) is 5.75 Å². The van der Waals surface area contributed by atoms with Crippen LogP contribution >= 0.6 is 0 Å². The summed E-state index contributed by atoms with van der Waals surface area (Å²) in [6, 6.07) is 14.9. The minimum Gasteiger partial charge on any atom is -0.496 e. The molecule has 7 heteroatoms. The van der Waals surface area contributed by atoms with Crippen LogP contribution in [-0.4, -0.2) is 31.0 Å². The number of ether oxygens (including phenoxy) is 2. The maximum absolute atomic E-state index is 12.1. The summed E-state index contributed by atoms with van der Waals surface area (Å²) in [4.78, 5) is 35.9. The summed E-state index contributed by atoms with van der Waals surface area (Å²) in [5.41, 5.74) is 5.08. The molecule has 0 saturated heterocycles. The zero-order valence-corrected chi connectivity index (χ0v) is 13.8. The number of hydrazine groups is 1. The fourth-order valence-corrected chi connectivity index (χ4v) is 1.97. The van der Waals surface area contributed by atoms with Crippen molar-refractivity contribution in [2.45, 2.75) is 13.0 Å². The Kier molecular flexibility index (Phi) is 6.11. The summed E-state index contributed by atoms with van der Waals surface area (Å²) in [5, 5.41) is 0. The Hall–Kier alpha value is -3.35. The lowest BCUT2D eigenvalue weighted by Gasteiger charge is -2.15. The number of carbonyl (C=O) groups is 3. The predicted octanol–water partition coefficient (Wildman–Crippen LogP) is 1.70. The third-order valence-electron chi connectivity index (χ3n) is 3.32. The second-order valence-electron chi connectivity index (χ2n) is 5.06. The Morgan fingerprint density at radius 2 is 1.56 bits per heavy atom. The van der Waals surface area contributed by atoms with Gasteiger partial charge in [-0.05, 0) is 31.2 Å². The van der Waals surface area contributed by atoms with Crippen LogP contribution < -0.4 is 15.6 Å². The molecule has 130 valence electrons. The van der Waals surface area contributed by atoms with Crippen LogP contribution in [0.4, 0.5) is 0 Å². The van der Waals surface area contributed by atoms with Crippen molar-refractivity contribution in [1.82, 2.24) is 10.9 Å². The van der Waals surface area contributed by atoms with Gasteiger partial charge in [-0.3, -0.25) is 20.4 Å². The molecule has 2 aromatic rings. The van der Waals surface area contributed by atoms with Crippen LogP contribution in [0.2, 0.25) is 0 Å². The first kappa shape index (κ1) is 18.0. The molecule has 0 aliphatic heterocycles. The highest BCUT2D eigenvalue weighted by Crippen LogP contribution is 2.18. The normalized spacial score (nSPS) is 11.1. The number of benzene rings is 2. The Bertz CT molecular complexity index is 761. The van der Waals surface area contributed by atoms with Gasteiger partial charge in [0.1, 0.15) is 11.3 Å². The first-order valence-electron chi connectivity index (χ1n) is 7.52. The van der Waals surface area contributed by atoms with E-state index >= 15 is 0 Å². The fourth-order valence-electron chi connectivity index (χ4n) is 1.97. The highest BCUT2D eigenvalue weighted by atomic mass is 16.5. The lowest BCUT2D eigenvalue weighted by molar-refractivity contribution is -0.129. The maximum Gasteiger partial charge on any atom is 0.342 e. The van der Waals surface area contributed by atoms with Crippen LogP contribution in [0, 0.1) is 0 Å². The molecule has 0 heterocycles. The van der Waals surface area contributed by atoms with Gasteiger partial charge >= 0.3 is 5.97 Å². The van der Waals surface area contributed by atoms with Gasteiger partial charge in [0.2, 0.25) is 0 Å². The number of amides is 2. The molecule has 2 aromatic carbocycles. The Morgan fingerprint density at radius 1 is 0.920 bits per heavy atom. The smallest absolute Gasteiger partial charge is 0.342 e. The van der Waals surface area contributed by atoms with Crippen molar-refractivity contribution in [3.05, 3.63) is 65.7 Å². The molecule has 0 aromatic heterocycles. The average Bonchev–Trinajstić information content (AvgIpc) is 2.66. The van der Waals surface area contributed by atoms with Crippen molar-refractivity contribution < 1.29 is 23.9 Å². The molecule has 25 heavy (non-hydrogen) atoms. The molecule has 1 atom stereocenters. The topological polar surface area (TPSA) is 93.7 Å². The molecule has 7 nitrogen and oxygen atoms in total. The Morgan fingerprint density at radius 3 is 2.24 bits per heavy atom. The van der Waals surface area contributed by atoms with Crippen molar-refractivity contribution in [2.75, 3.05) is 7.11 Å². The molecule has 0 saturated carbocycles. The van der Waals surface area contributed by atoms with Crippen LogP contribution in [0.15, 0.2) is 54.6 Å². The minimum atomic E-state index is -1.10. The summed E-state index contributed by atoms with van der Waals surface area (Å²) in [5.74, 6) is -1.49. The Balaban J connectivity index is 1.90. The van der Waals surface area contributed by atoms with Crippen molar-refractivity contribution >= 4 is 17.8 Å². The van der Waals surface area contributed by atoms with Crippen molar-refractivity contribution in [3.63, 3.8) is 0 Å². The molecule has 2 rings (SSSR count). The third-order valence-corrected chi connectivity index (χ3v) is 3.32. The largest absolute Gasteiger partial charge is 0.496 e. The van der Waals surface area contributed by atoms with Crippen molar-refractivity contribution in [1.29, 1.82) is 0 Å². The monoisotopic (exact) mass is 342 g/mol.